The van der Waals surface area contributed by atoms with Crippen molar-refractivity contribution in [2.45, 2.75) is 45.3 Å². The number of hydrogen-bond donors (Lipinski definition) is 0. The Morgan fingerprint density at radius 3 is 2.35 bits per heavy atom. The standard InChI is InChI=1S/C14H21NOS/c1-12(15-17(16)14(2,3)4)10-11-13-8-6-5-7-9-13/h5-9H,10-11H2,1-4H3/b15-12+. The van der Waals surface area contributed by atoms with Gasteiger partial charge in [0.15, 0.2) is 0 Å². The zero-order valence-corrected chi connectivity index (χ0v) is 11.9. The molecule has 0 aliphatic carbocycles. The molecule has 94 valence electrons. The Kier molecular flexibility index (Phi) is 5.06. The Labute approximate surface area is 107 Å². The monoisotopic (exact) mass is 251 g/mol. The molecule has 17 heavy (non-hydrogen) atoms. The summed E-state index contributed by atoms with van der Waals surface area (Å²) in [5, 5.41) is 0. The van der Waals surface area contributed by atoms with Crippen molar-refractivity contribution in [3.05, 3.63) is 35.9 Å². The summed E-state index contributed by atoms with van der Waals surface area (Å²) in [6.45, 7) is 7.78. The Bertz CT molecular complexity index is 404. The van der Waals surface area contributed by atoms with Crippen LogP contribution in [-0.4, -0.2) is 14.7 Å². The van der Waals surface area contributed by atoms with E-state index in [0.29, 0.717) is 0 Å². The molecule has 0 aromatic heterocycles. The van der Waals surface area contributed by atoms with E-state index in [4.69, 9.17) is 0 Å². The zero-order valence-electron chi connectivity index (χ0n) is 11.1. The van der Waals surface area contributed by atoms with Gasteiger partial charge in [-0.15, -0.1) is 0 Å². The quantitative estimate of drug-likeness (QED) is 0.753. The molecule has 1 aromatic carbocycles. The molecule has 1 unspecified atom stereocenters. The minimum absolute atomic E-state index is 0.270. The van der Waals surface area contributed by atoms with E-state index >= 15 is 0 Å². The summed E-state index contributed by atoms with van der Waals surface area (Å²) >= 11 is 0. The molecule has 0 fully saturated rings. The van der Waals surface area contributed by atoms with Crippen LogP contribution >= 0.6 is 0 Å². The van der Waals surface area contributed by atoms with E-state index < -0.39 is 11.0 Å². The van der Waals surface area contributed by atoms with E-state index in [1.165, 1.54) is 5.56 Å². The topological polar surface area (TPSA) is 29.4 Å². The van der Waals surface area contributed by atoms with Crippen molar-refractivity contribution in [2.24, 2.45) is 4.40 Å². The van der Waals surface area contributed by atoms with E-state index in [1.807, 2.05) is 45.9 Å². The van der Waals surface area contributed by atoms with Crippen molar-refractivity contribution >= 4 is 16.7 Å². The highest BCUT2D eigenvalue weighted by molar-refractivity contribution is 7.85. The van der Waals surface area contributed by atoms with Crippen LogP contribution in [-0.2, 0) is 17.4 Å². The van der Waals surface area contributed by atoms with Crippen LogP contribution in [0.3, 0.4) is 0 Å². The highest BCUT2D eigenvalue weighted by Gasteiger charge is 2.18. The van der Waals surface area contributed by atoms with Crippen molar-refractivity contribution < 1.29 is 4.21 Å². The maximum atomic E-state index is 11.8. The normalized spacial score (nSPS) is 14.7. The van der Waals surface area contributed by atoms with Crippen LogP contribution < -0.4 is 0 Å². The molecular weight excluding hydrogens is 230 g/mol. The predicted molar refractivity (Wildman–Crippen MR) is 75.8 cm³/mol. The van der Waals surface area contributed by atoms with Gasteiger partial charge in [-0.25, -0.2) is 4.21 Å². The molecule has 1 atom stereocenters. The van der Waals surface area contributed by atoms with Gasteiger partial charge >= 0.3 is 0 Å². The lowest BCUT2D eigenvalue weighted by molar-refractivity contribution is 0.650. The fourth-order valence-electron chi connectivity index (χ4n) is 1.29. The second-order valence-corrected chi connectivity index (χ2v) is 7.08. The Hall–Kier alpha value is -0.960. The fraction of sp³-hybridized carbons (Fsp3) is 0.500. The number of aryl methyl sites for hydroxylation is 1. The molecule has 1 aromatic rings. The lowest BCUT2D eigenvalue weighted by atomic mass is 10.1. The number of benzene rings is 1. The summed E-state index contributed by atoms with van der Waals surface area (Å²) in [7, 11) is -1.14. The van der Waals surface area contributed by atoms with Gasteiger partial charge in [0.1, 0.15) is 11.0 Å². The van der Waals surface area contributed by atoms with Crippen LogP contribution in [0.15, 0.2) is 34.7 Å². The molecular formula is C14H21NOS. The highest BCUT2D eigenvalue weighted by atomic mass is 32.2. The second kappa shape index (κ2) is 6.10. The predicted octanol–water partition coefficient (Wildman–Crippen LogP) is 3.54. The molecule has 0 saturated carbocycles. The second-order valence-electron chi connectivity index (χ2n) is 5.17. The molecule has 0 bridgehead atoms. The summed E-state index contributed by atoms with van der Waals surface area (Å²) in [6, 6.07) is 10.3. The van der Waals surface area contributed by atoms with Crippen molar-refractivity contribution in [3.63, 3.8) is 0 Å². The van der Waals surface area contributed by atoms with Gasteiger partial charge in [-0.05, 0) is 46.1 Å². The summed E-state index contributed by atoms with van der Waals surface area (Å²) in [6.07, 6.45) is 1.82. The van der Waals surface area contributed by atoms with Gasteiger partial charge in [-0.1, -0.05) is 30.3 Å². The van der Waals surface area contributed by atoms with Gasteiger partial charge in [-0.2, -0.15) is 4.40 Å². The first-order valence-electron chi connectivity index (χ1n) is 5.89. The van der Waals surface area contributed by atoms with Crippen LogP contribution in [0, 0.1) is 0 Å². The Balaban J connectivity index is 2.53. The minimum atomic E-state index is -1.14. The molecule has 0 amide bonds. The largest absolute Gasteiger partial charge is 0.234 e. The average Bonchev–Trinajstić information content (AvgIpc) is 2.26. The van der Waals surface area contributed by atoms with E-state index in [0.717, 1.165) is 18.6 Å². The summed E-state index contributed by atoms with van der Waals surface area (Å²) in [5.74, 6) is 0. The molecule has 0 heterocycles. The average molecular weight is 251 g/mol. The first kappa shape index (κ1) is 14.1. The van der Waals surface area contributed by atoms with Crippen molar-refractivity contribution in [3.8, 4) is 0 Å². The van der Waals surface area contributed by atoms with Crippen LogP contribution in [0.4, 0.5) is 0 Å². The first-order chi connectivity index (χ1) is 7.89. The fourth-order valence-corrected chi connectivity index (χ4v) is 1.94. The molecule has 0 aliphatic rings. The third-order valence-electron chi connectivity index (χ3n) is 2.38. The van der Waals surface area contributed by atoms with Crippen LogP contribution in [0.5, 0.6) is 0 Å². The van der Waals surface area contributed by atoms with Gasteiger partial charge in [0.05, 0.1) is 4.75 Å². The van der Waals surface area contributed by atoms with Crippen LogP contribution in [0.1, 0.15) is 39.7 Å². The number of hydrogen-bond acceptors (Lipinski definition) is 1. The van der Waals surface area contributed by atoms with E-state index in [2.05, 4.69) is 16.5 Å². The Morgan fingerprint density at radius 1 is 1.24 bits per heavy atom. The maximum Gasteiger partial charge on any atom is 0.144 e. The van der Waals surface area contributed by atoms with Crippen molar-refractivity contribution in [1.82, 2.24) is 0 Å². The van der Waals surface area contributed by atoms with Crippen molar-refractivity contribution in [1.29, 1.82) is 0 Å². The third kappa shape index (κ3) is 5.26. The molecule has 1 rings (SSSR count). The maximum absolute atomic E-state index is 11.8. The smallest absolute Gasteiger partial charge is 0.144 e. The van der Waals surface area contributed by atoms with Crippen LogP contribution in [0.25, 0.3) is 0 Å². The Morgan fingerprint density at radius 2 is 1.82 bits per heavy atom. The van der Waals surface area contributed by atoms with E-state index in [1.54, 1.807) is 0 Å². The molecule has 0 radical (unpaired) electrons. The molecule has 0 aliphatic heterocycles. The lowest BCUT2D eigenvalue weighted by Gasteiger charge is -2.14. The van der Waals surface area contributed by atoms with E-state index in [9.17, 15) is 4.21 Å². The first-order valence-corrected chi connectivity index (χ1v) is 7.00. The van der Waals surface area contributed by atoms with Crippen LogP contribution in [0.2, 0.25) is 0 Å². The van der Waals surface area contributed by atoms with E-state index in [-0.39, 0.29) is 4.75 Å². The number of nitrogens with zero attached hydrogens (tertiary/aromatic N) is 1. The number of rotatable bonds is 4. The molecule has 2 nitrogen and oxygen atoms in total. The minimum Gasteiger partial charge on any atom is -0.234 e. The van der Waals surface area contributed by atoms with Gasteiger partial charge < -0.3 is 0 Å². The van der Waals surface area contributed by atoms with Gasteiger partial charge in [0.25, 0.3) is 0 Å². The third-order valence-corrected chi connectivity index (χ3v) is 3.91. The molecule has 0 spiro atoms. The molecule has 0 N–H and O–H groups in total. The lowest BCUT2D eigenvalue weighted by Crippen LogP contribution is -2.20. The summed E-state index contributed by atoms with van der Waals surface area (Å²) in [4.78, 5) is 0. The zero-order chi connectivity index (χ0) is 12.9. The SMILES string of the molecule is C/C(CCc1ccccc1)=N\S(=O)C(C)(C)C. The molecule has 3 heteroatoms. The van der Waals surface area contributed by atoms with Gasteiger partial charge in [0.2, 0.25) is 0 Å². The highest BCUT2D eigenvalue weighted by Crippen LogP contribution is 2.13. The van der Waals surface area contributed by atoms with Crippen molar-refractivity contribution in [2.75, 3.05) is 0 Å². The van der Waals surface area contributed by atoms with Gasteiger partial charge in [-0.3, -0.25) is 0 Å². The van der Waals surface area contributed by atoms with Gasteiger partial charge in [0, 0.05) is 5.71 Å². The summed E-state index contributed by atoms with van der Waals surface area (Å²) < 4.78 is 15.8. The molecule has 0 saturated heterocycles. The summed E-state index contributed by atoms with van der Waals surface area (Å²) in [5.41, 5.74) is 2.26.